The quantitative estimate of drug-likeness (QED) is 0.676. The van der Waals surface area contributed by atoms with Crippen LogP contribution in [0.15, 0.2) is 45.0 Å². The topological polar surface area (TPSA) is 77.4 Å². The number of nitrogens with zero attached hydrogens (tertiary/aromatic N) is 6. The zero-order valence-corrected chi connectivity index (χ0v) is 16.4. The molecule has 1 aromatic carbocycles. The highest BCUT2D eigenvalue weighted by atomic mass is 16.2. The van der Waals surface area contributed by atoms with Gasteiger partial charge in [-0.05, 0) is 32.3 Å². The molecule has 2 aromatic heterocycles. The molecule has 3 heterocycles. The fourth-order valence-electron chi connectivity index (χ4n) is 3.72. The molecule has 0 bridgehead atoms. The van der Waals surface area contributed by atoms with Gasteiger partial charge in [-0.25, -0.2) is 9.80 Å². The van der Waals surface area contributed by atoms with E-state index in [-0.39, 0.29) is 11.2 Å². The van der Waals surface area contributed by atoms with E-state index in [2.05, 4.69) is 22.2 Å². The van der Waals surface area contributed by atoms with Crippen molar-refractivity contribution in [3.63, 3.8) is 0 Å². The highest BCUT2D eigenvalue weighted by molar-refractivity contribution is 5.87. The number of aryl methyl sites for hydroxylation is 2. The van der Waals surface area contributed by atoms with Gasteiger partial charge in [-0.2, -0.15) is 10.1 Å². The van der Waals surface area contributed by atoms with Crippen LogP contribution in [-0.2, 0) is 26.6 Å². The van der Waals surface area contributed by atoms with Crippen LogP contribution < -0.4 is 16.3 Å². The van der Waals surface area contributed by atoms with Crippen LogP contribution in [0.2, 0.25) is 0 Å². The predicted molar refractivity (Wildman–Crippen MR) is 110 cm³/mol. The number of benzene rings is 1. The second kappa shape index (κ2) is 7.10. The summed E-state index contributed by atoms with van der Waals surface area (Å²) in [6.45, 7) is 5.25. The predicted octanol–water partition coefficient (Wildman–Crippen LogP) is 1.75. The molecular weight excluding hydrogens is 356 g/mol. The molecule has 0 aliphatic carbocycles. The Bertz CT molecular complexity index is 1170. The van der Waals surface area contributed by atoms with E-state index >= 15 is 0 Å². The number of hydrogen-bond acceptors (Lipinski definition) is 5. The third-order valence-electron chi connectivity index (χ3n) is 5.12. The summed E-state index contributed by atoms with van der Waals surface area (Å²) in [4.78, 5) is 30.0. The third kappa shape index (κ3) is 2.94. The second-order valence-electron chi connectivity index (χ2n) is 7.11. The molecule has 0 unspecified atom stereocenters. The maximum atomic E-state index is 12.9. The molecule has 3 aromatic rings. The fourth-order valence-corrected chi connectivity index (χ4v) is 3.72. The number of hydrogen-bond donors (Lipinski definition) is 0. The Morgan fingerprint density at radius 2 is 1.89 bits per heavy atom. The van der Waals surface area contributed by atoms with Crippen LogP contribution in [-0.4, -0.2) is 30.9 Å². The molecule has 28 heavy (non-hydrogen) atoms. The summed E-state index contributed by atoms with van der Waals surface area (Å²) in [6.07, 6.45) is 1.84. The van der Waals surface area contributed by atoms with E-state index in [9.17, 15) is 9.59 Å². The number of anilines is 1. The van der Waals surface area contributed by atoms with Crippen molar-refractivity contribution in [1.29, 1.82) is 0 Å². The smallest absolute Gasteiger partial charge is 0.297 e. The SMILES string of the molecule is CCn1c(=O)c2c(nc3n2CC(C)=NN3CCCc2ccccc2)n(C)c1=O. The number of fused-ring (bicyclic) bond motifs is 3. The van der Waals surface area contributed by atoms with E-state index in [1.54, 1.807) is 14.0 Å². The average molecular weight is 380 g/mol. The summed E-state index contributed by atoms with van der Waals surface area (Å²) in [6, 6.07) is 10.3. The van der Waals surface area contributed by atoms with Crippen molar-refractivity contribution in [3.05, 3.63) is 56.7 Å². The first-order chi connectivity index (χ1) is 13.5. The van der Waals surface area contributed by atoms with Crippen molar-refractivity contribution >= 4 is 22.8 Å². The molecule has 0 spiro atoms. The van der Waals surface area contributed by atoms with Crippen LogP contribution in [0.4, 0.5) is 5.95 Å². The molecule has 0 fully saturated rings. The molecule has 0 saturated carbocycles. The molecular formula is C20H24N6O2. The van der Waals surface area contributed by atoms with Gasteiger partial charge in [0.25, 0.3) is 5.56 Å². The molecule has 8 nitrogen and oxygen atoms in total. The van der Waals surface area contributed by atoms with Gasteiger partial charge in [0.1, 0.15) is 0 Å². The van der Waals surface area contributed by atoms with E-state index in [1.165, 1.54) is 14.7 Å². The summed E-state index contributed by atoms with van der Waals surface area (Å²) in [5, 5.41) is 6.49. The van der Waals surface area contributed by atoms with E-state index < -0.39 is 0 Å². The summed E-state index contributed by atoms with van der Waals surface area (Å²) < 4.78 is 4.58. The zero-order valence-electron chi connectivity index (χ0n) is 16.4. The van der Waals surface area contributed by atoms with Gasteiger partial charge in [0, 0.05) is 20.1 Å². The van der Waals surface area contributed by atoms with E-state index in [1.807, 2.05) is 34.7 Å². The number of imidazole rings is 1. The standard InChI is InChI=1S/C20H24N6O2/c1-4-24-18(27)16-17(23(3)20(24)28)21-19-25(16)13-14(2)22-26(19)12-8-11-15-9-6-5-7-10-15/h5-7,9-10H,4,8,11-13H2,1-3H3. The van der Waals surface area contributed by atoms with Crippen molar-refractivity contribution in [3.8, 4) is 0 Å². The molecule has 0 saturated heterocycles. The molecule has 0 N–H and O–H groups in total. The Morgan fingerprint density at radius 1 is 1.14 bits per heavy atom. The number of hydrazone groups is 1. The van der Waals surface area contributed by atoms with Crippen molar-refractivity contribution in [2.75, 3.05) is 11.6 Å². The minimum Gasteiger partial charge on any atom is -0.297 e. The minimum absolute atomic E-state index is 0.293. The van der Waals surface area contributed by atoms with Crippen LogP contribution in [0, 0.1) is 0 Å². The van der Waals surface area contributed by atoms with Gasteiger partial charge in [0.15, 0.2) is 11.2 Å². The molecule has 0 atom stereocenters. The Kier molecular flexibility index (Phi) is 4.62. The summed E-state index contributed by atoms with van der Waals surface area (Å²) in [5.41, 5.74) is 2.42. The second-order valence-corrected chi connectivity index (χ2v) is 7.11. The van der Waals surface area contributed by atoms with Gasteiger partial charge in [-0.3, -0.25) is 18.5 Å². The molecule has 1 aliphatic heterocycles. The molecule has 146 valence electrons. The minimum atomic E-state index is -0.344. The zero-order chi connectivity index (χ0) is 19.8. The van der Waals surface area contributed by atoms with Crippen LogP contribution in [0.1, 0.15) is 25.8 Å². The van der Waals surface area contributed by atoms with Gasteiger partial charge < -0.3 is 0 Å². The van der Waals surface area contributed by atoms with Gasteiger partial charge in [0.2, 0.25) is 5.95 Å². The Balaban J connectivity index is 1.72. The number of rotatable bonds is 5. The molecule has 0 amide bonds. The molecule has 8 heteroatoms. The third-order valence-corrected chi connectivity index (χ3v) is 5.12. The highest BCUT2D eigenvalue weighted by Gasteiger charge is 2.26. The van der Waals surface area contributed by atoms with Gasteiger partial charge in [-0.15, -0.1) is 0 Å². The largest absolute Gasteiger partial charge is 0.332 e. The summed E-state index contributed by atoms with van der Waals surface area (Å²) >= 11 is 0. The van der Waals surface area contributed by atoms with Gasteiger partial charge >= 0.3 is 5.69 Å². The van der Waals surface area contributed by atoms with E-state index in [0.29, 0.717) is 36.7 Å². The average Bonchev–Trinajstić information content (AvgIpc) is 3.07. The van der Waals surface area contributed by atoms with Crippen LogP contribution in [0.3, 0.4) is 0 Å². The van der Waals surface area contributed by atoms with Gasteiger partial charge in [-0.1, -0.05) is 30.3 Å². The van der Waals surface area contributed by atoms with Crippen molar-refractivity contribution < 1.29 is 0 Å². The van der Waals surface area contributed by atoms with Crippen LogP contribution in [0.5, 0.6) is 0 Å². The van der Waals surface area contributed by atoms with E-state index in [0.717, 1.165) is 18.6 Å². The lowest BCUT2D eigenvalue weighted by molar-refractivity contribution is 0.634. The summed E-state index contributed by atoms with van der Waals surface area (Å²) in [7, 11) is 1.66. The van der Waals surface area contributed by atoms with Gasteiger partial charge in [0.05, 0.1) is 12.3 Å². The Morgan fingerprint density at radius 3 is 2.61 bits per heavy atom. The first kappa shape index (κ1) is 18.2. The van der Waals surface area contributed by atoms with Crippen LogP contribution >= 0.6 is 0 Å². The van der Waals surface area contributed by atoms with Crippen molar-refractivity contribution in [2.24, 2.45) is 12.1 Å². The first-order valence-electron chi connectivity index (χ1n) is 9.57. The Labute approximate surface area is 162 Å². The highest BCUT2D eigenvalue weighted by Crippen LogP contribution is 2.24. The van der Waals surface area contributed by atoms with Crippen molar-refractivity contribution in [1.82, 2.24) is 18.7 Å². The number of aromatic nitrogens is 4. The maximum Gasteiger partial charge on any atom is 0.332 e. The monoisotopic (exact) mass is 380 g/mol. The molecule has 1 aliphatic rings. The summed E-state index contributed by atoms with van der Waals surface area (Å²) in [5.74, 6) is 0.620. The molecule has 4 rings (SSSR count). The lowest BCUT2D eigenvalue weighted by Gasteiger charge is -2.24. The molecule has 0 radical (unpaired) electrons. The maximum absolute atomic E-state index is 12.9. The normalized spacial score (nSPS) is 13.7. The lowest BCUT2D eigenvalue weighted by atomic mass is 10.1. The Hall–Kier alpha value is -3.16. The fraction of sp³-hybridized carbons (Fsp3) is 0.400. The lowest BCUT2D eigenvalue weighted by Crippen LogP contribution is -2.39. The van der Waals surface area contributed by atoms with Crippen molar-refractivity contribution in [2.45, 2.75) is 39.8 Å². The first-order valence-corrected chi connectivity index (χ1v) is 9.57. The van der Waals surface area contributed by atoms with Crippen LogP contribution in [0.25, 0.3) is 11.2 Å². The van der Waals surface area contributed by atoms with E-state index in [4.69, 9.17) is 0 Å².